The van der Waals surface area contributed by atoms with Gasteiger partial charge in [0.05, 0.1) is 17.2 Å². The fourth-order valence-corrected chi connectivity index (χ4v) is 3.48. The number of aromatic nitrogens is 1. The zero-order valence-electron chi connectivity index (χ0n) is 17.4. The predicted molar refractivity (Wildman–Crippen MR) is 114 cm³/mol. The monoisotopic (exact) mass is 459 g/mol. The number of hydrogen-bond donors (Lipinski definition) is 3. The molecule has 0 saturated carbocycles. The van der Waals surface area contributed by atoms with Crippen LogP contribution in [0, 0.1) is 18.3 Å². The Kier molecular flexibility index (Phi) is 8.00. The number of nitriles is 1. The summed E-state index contributed by atoms with van der Waals surface area (Å²) < 4.78 is 31.9. The third-order valence-electron chi connectivity index (χ3n) is 4.13. The van der Waals surface area contributed by atoms with Crippen LogP contribution in [-0.4, -0.2) is 37.6 Å². The Morgan fingerprint density at radius 3 is 2.56 bits per heavy atom. The van der Waals surface area contributed by atoms with Crippen molar-refractivity contribution in [3.8, 4) is 11.9 Å². The van der Waals surface area contributed by atoms with Crippen LogP contribution in [0.1, 0.15) is 24.5 Å². The molecule has 0 radical (unpaired) electrons. The van der Waals surface area contributed by atoms with E-state index in [-0.39, 0.29) is 52.5 Å². The highest BCUT2D eigenvalue weighted by Crippen LogP contribution is 2.25. The second kappa shape index (κ2) is 10.5. The Balaban J connectivity index is 2.04. The second-order valence-corrected chi connectivity index (χ2v) is 8.39. The highest BCUT2D eigenvalue weighted by Gasteiger charge is 2.15. The van der Waals surface area contributed by atoms with Gasteiger partial charge in [0.2, 0.25) is 15.9 Å². The molecule has 0 atom stereocenters. The molecule has 1 heterocycles. The Morgan fingerprint density at radius 2 is 1.97 bits per heavy atom. The minimum atomic E-state index is -3.79. The number of H-pyrrole nitrogens is 1. The van der Waals surface area contributed by atoms with E-state index < -0.39 is 27.4 Å². The molecule has 11 nitrogen and oxygen atoms in total. The number of hydrogen-bond acceptors (Lipinski definition) is 9. The van der Waals surface area contributed by atoms with Gasteiger partial charge >= 0.3 is 5.97 Å². The molecule has 0 aliphatic carbocycles. The number of azo groups is 1. The van der Waals surface area contributed by atoms with Crippen molar-refractivity contribution in [1.29, 1.82) is 5.26 Å². The summed E-state index contributed by atoms with van der Waals surface area (Å²) in [7, 11) is -3.79. The van der Waals surface area contributed by atoms with E-state index in [1.54, 1.807) is 6.07 Å². The highest BCUT2D eigenvalue weighted by molar-refractivity contribution is 7.89. The molecule has 1 aromatic carbocycles. The molecule has 32 heavy (non-hydrogen) atoms. The van der Waals surface area contributed by atoms with Crippen molar-refractivity contribution < 1.29 is 23.1 Å². The minimum absolute atomic E-state index is 0.0131. The van der Waals surface area contributed by atoms with Crippen molar-refractivity contribution in [2.24, 2.45) is 10.2 Å². The summed E-state index contributed by atoms with van der Waals surface area (Å²) in [5.41, 5.74) is -0.306. The number of nitrogens with one attached hydrogen (secondary N) is 2. The van der Waals surface area contributed by atoms with Gasteiger partial charge in [0, 0.05) is 17.7 Å². The summed E-state index contributed by atoms with van der Waals surface area (Å²) in [6.45, 7) is 6.53. The molecule has 0 aliphatic heterocycles. The van der Waals surface area contributed by atoms with E-state index in [9.17, 15) is 23.1 Å². The summed E-state index contributed by atoms with van der Waals surface area (Å²) in [6, 6.07) is 7.17. The quantitative estimate of drug-likeness (QED) is 0.223. The Hall–Kier alpha value is -3.82. The lowest BCUT2D eigenvalue weighted by molar-refractivity contribution is -0.138. The summed E-state index contributed by atoms with van der Waals surface area (Å²) >= 11 is 0. The van der Waals surface area contributed by atoms with Crippen molar-refractivity contribution in [2.75, 3.05) is 13.2 Å². The van der Waals surface area contributed by atoms with Gasteiger partial charge in [-0.2, -0.15) is 10.4 Å². The smallest absolute Gasteiger partial charge is 0.333 e. The molecular formula is C20H21N5O6S. The number of benzene rings is 1. The molecule has 0 spiro atoms. The van der Waals surface area contributed by atoms with Crippen molar-refractivity contribution >= 4 is 27.4 Å². The average molecular weight is 459 g/mol. The van der Waals surface area contributed by atoms with Crippen molar-refractivity contribution in [3.63, 3.8) is 0 Å². The Labute approximate surface area is 184 Å². The minimum Gasteiger partial charge on any atom is -0.494 e. The van der Waals surface area contributed by atoms with Crippen LogP contribution in [0.15, 0.2) is 56.3 Å². The average Bonchev–Trinajstić information content (AvgIpc) is 2.73. The molecule has 0 fully saturated rings. The van der Waals surface area contributed by atoms with E-state index in [4.69, 9.17) is 10.00 Å². The molecule has 0 amide bonds. The number of carbonyl (C=O) groups excluding carboxylic acids is 1. The Bertz CT molecular complexity index is 1260. The molecule has 0 unspecified atom stereocenters. The molecule has 12 heteroatoms. The largest absolute Gasteiger partial charge is 0.494 e. The molecule has 0 saturated heterocycles. The van der Waals surface area contributed by atoms with Crippen LogP contribution >= 0.6 is 0 Å². The fourth-order valence-electron chi connectivity index (χ4n) is 2.40. The summed E-state index contributed by atoms with van der Waals surface area (Å²) in [6.07, 6.45) is 0.287. The van der Waals surface area contributed by atoms with Gasteiger partial charge in [-0.1, -0.05) is 6.58 Å². The van der Waals surface area contributed by atoms with Crippen LogP contribution in [-0.2, 0) is 19.6 Å². The van der Waals surface area contributed by atoms with Crippen LogP contribution in [0.3, 0.4) is 0 Å². The van der Waals surface area contributed by atoms with Gasteiger partial charge in [-0.25, -0.2) is 17.9 Å². The summed E-state index contributed by atoms with van der Waals surface area (Å²) in [5.74, 6) is -1.09. The summed E-state index contributed by atoms with van der Waals surface area (Å²) in [5, 5.41) is 26.3. The first-order valence-electron chi connectivity index (χ1n) is 9.27. The van der Waals surface area contributed by atoms with E-state index in [0.717, 1.165) is 0 Å². The van der Waals surface area contributed by atoms with Gasteiger partial charge in [-0.3, -0.25) is 9.78 Å². The normalized spacial score (nSPS) is 11.3. The highest BCUT2D eigenvalue weighted by atomic mass is 32.2. The molecule has 2 aromatic rings. The third kappa shape index (κ3) is 6.10. The third-order valence-corrected chi connectivity index (χ3v) is 5.61. The second-order valence-electron chi connectivity index (χ2n) is 6.62. The number of nitrogens with zero attached hydrogens (tertiary/aromatic N) is 3. The maximum atomic E-state index is 12.3. The van der Waals surface area contributed by atoms with E-state index in [1.807, 2.05) is 0 Å². The maximum Gasteiger partial charge on any atom is 0.333 e. The maximum absolute atomic E-state index is 12.3. The predicted octanol–water partition coefficient (Wildman–Crippen LogP) is 2.46. The van der Waals surface area contributed by atoms with E-state index in [2.05, 4.69) is 26.5 Å². The summed E-state index contributed by atoms with van der Waals surface area (Å²) in [4.78, 5) is 25.3. The first-order chi connectivity index (χ1) is 15.1. The zero-order chi connectivity index (χ0) is 23.9. The van der Waals surface area contributed by atoms with Gasteiger partial charge in [0.25, 0.3) is 5.56 Å². The van der Waals surface area contributed by atoms with Crippen LogP contribution in [0.5, 0.6) is 5.88 Å². The van der Waals surface area contributed by atoms with Crippen LogP contribution in [0.25, 0.3) is 0 Å². The molecule has 1 aromatic heterocycles. The molecular weight excluding hydrogens is 438 g/mol. The van der Waals surface area contributed by atoms with Crippen molar-refractivity contribution in [3.05, 3.63) is 57.9 Å². The zero-order valence-corrected chi connectivity index (χ0v) is 18.2. The number of carbonyl (C=O) groups is 1. The standard InChI is InChI=1S/C20H21N5O6S/c1-12(2)20(28)31-10-4-9-22-32(29,30)15-7-5-14(6-8-15)24-25-17-13(3)16(11-21)18(26)23-19(17)27/h5-8,22H,1,4,9-10H2,2-3H3,(H2,23,26,27). The molecule has 3 N–H and O–H groups in total. The van der Waals surface area contributed by atoms with Crippen molar-refractivity contribution in [2.45, 2.75) is 25.2 Å². The number of rotatable bonds is 9. The van der Waals surface area contributed by atoms with Gasteiger partial charge in [0.15, 0.2) is 5.69 Å². The van der Waals surface area contributed by atoms with Gasteiger partial charge in [-0.15, -0.1) is 5.11 Å². The first-order valence-corrected chi connectivity index (χ1v) is 10.7. The van der Waals surface area contributed by atoms with Crippen molar-refractivity contribution in [1.82, 2.24) is 9.71 Å². The molecule has 168 valence electrons. The Morgan fingerprint density at radius 1 is 1.31 bits per heavy atom. The number of sulfonamides is 1. The van der Waals surface area contributed by atoms with Gasteiger partial charge < -0.3 is 9.84 Å². The molecule has 0 bridgehead atoms. The van der Waals surface area contributed by atoms with Gasteiger partial charge in [0.1, 0.15) is 11.6 Å². The van der Waals surface area contributed by atoms with Crippen LogP contribution < -0.4 is 10.3 Å². The number of pyridine rings is 1. The lowest BCUT2D eigenvalue weighted by atomic mass is 10.1. The fraction of sp³-hybridized carbons (Fsp3) is 0.250. The van der Waals surface area contributed by atoms with E-state index in [1.165, 1.54) is 38.1 Å². The topological polar surface area (TPSA) is 174 Å². The molecule has 2 rings (SSSR count). The number of esters is 1. The van der Waals surface area contributed by atoms with E-state index in [0.29, 0.717) is 0 Å². The molecule has 0 aliphatic rings. The number of aromatic hydroxyl groups is 1. The lowest BCUT2D eigenvalue weighted by Crippen LogP contribution is -2.25. The van der Waals surface area contributed by atoms with E-state index >= 15 is 0 Å². The number of ether oxygens (including phenoxy) is 1. The first kappa shape index (κ1) is 24.4. The van der Waals surface area contributed by atoms with Crippen LogP contribution in [0.2, 0.25) is 0 Å². The SMILES string of the molecule is C=C(C)C(=O)OCCCNS(=O)(=O)c1ccc(N=Nc2c(C)c(C#N)c(O)[nH]c2=O)cc1. The number of aromatic amines is 1. The van der Waals surface area contributed by atoms with Gasteiger partial charge in [-0.05, 0) is 44.5 Å². The van der Waals surface area contributed by atoms with Crippen LogP contribution in [0.4, 0.5) is 11.4 Å². The lowest BCUT2D eigenvalue weighted by Gasteiger charge is -2.07.